The number of hydrogen-bond acceptors (Lipinski definition) is 4. The monoisotopic (exact) mass is 849 g/mol. The van der Waals surface area contributed by atoms with Crippen LogP contribution < -0.4 is 0 Å². The molecule has 6 aromatic rings. The van der Waals surface area contributed by atoms with Crippen LogP contribution in [0.2, 0.25) is 0 Å². The Morgan fingerprint density at radius 3 is 1.38 bits per heavy atom. The number of pyridine rings is 2. The number of aromatic nitrogens is 2. The average Bonchev–Trinajstić information content (AvgIpc) is 3.35. The van der Waals surface area contributed by atoms with Crippen molar-refractivity contribution in [3.63, 3.8) is 0 Å². The van der Waals surface area contributed by atoms with Crippen molar-refractivity contribution in [1.29, 1.82) is 0 Å². The zero-order chi connectivity index (χ0) is 43.7. The Kier molecular flexibility index (Phi) is 12.1. The van der Waals surface area contributed by atoms with Gasteiger partial charge < -0.3 is 18.4 Å². The van der Waals surface area contributed by atoms with Gasteiger partial charge >= 0.3 is 0 Å². The molecule has 0 spiro atoms. The highest BCUT2D eigenvalue weighted by Crippen LogP contribution is 2.51. The van der Waals surface area contributed by atoms with Gasteiger partial charge in [0.2, 0.25) is 0 Å². The Morgan fingerprint density at radius 2 is 0.969 bits per heavy atom. The maximum atomic E-state index is 6.83. The Hall–Kier alpha value is -5.50. The molecule has 0 radical (unpaired) electrons. The molecule has 4 bridgehead atoms. The van der Waals surface area contributed by atoms with E-state index in [0.29, 0.717) is 49.0 Å². The lowest BCUT2D eigenvalue weighted by molar-refractivity contribution is -0.985. The largest absolute Gasteiger partial charge is 0.363 e. The van der Waals surface area contributed by atoms with Gasteiger partial charge in [0.15, 0.2) is 0 Å². The fourth-order valence-corrected chi connectivity index (χ4v) is 13.0. The molecule has 4 aromatic carbocycles. The smallest absolute Gasteiger partial charge is 0.135 e. The average molecular weight is 849 g/mol. The summed E-state index contributed by atoms with van der Waals surface area (Å²) < 4.78 is 15.7. The molecule has 6 heteroatoms. The second-order valence-electron chi connectivity index (χ2n) is 19.4. The van der Waals surface area contributed by atoms with Gasteiger partial charge in [0, 0.05) is 71.8 Å². The molecule has 0 N–H and O–H groups in total. The number of fused-ring (bicyclic) bond motifs is 8. The highest BCUT2D eigenvalue weighted by atomic mass is 16.5. The number of piperidine rings is 6. The van der Waals surface area contributed by atoms with Crippen LogP contribution in [0.5, 0.6) is 0 Å². The third-order valence-electron chi connectivity index (χ3n) is 16.1. The minimum absolute atomic E-state index is 0.0573. The first-order valence-electron chi connectivity index (χ1n) is 23.7. The number of ether oxygens (including phenoxy) is 2. The number of rotatable bonds is 17. The second kappa shape index (κ2) is 18.2. The molecule has 0 saturated carbocycles. The summed E-state index contributed by atoms with van der Waals surface area (Å²) in [5, 5.41) is 2.36. The van der Waals surface area contributed by atoms with Crippen molar-refractivity contribution in [2.45, 2.75) is 63.1 Å². The van der Waals surface area contributed by atoms with Crippen molar-refractivity contribution in [2.24, 2.45) is 23.7 Å². The maximum absolute atomic E-state index is 6.83. The lowest BCUT2D eigenvalue weighted by Crippen LogP contribution is -2.67. The number of quaternary nitrogens is 2. The van der Waals surface area contributed by atoms with Crippen LogP contribution >= 0.6 is 0 Å². The second-order valence-corrected chi connectivity index (χ2v) is 19.4. The molecule has 0 amide bonds. The van der Waals surface area contributed by atoms with E-state index in [0.717, 1.165) is 72.1 Å². The van der Waals surface area contributed by atoms with Crippen molar-refractivity contribution in [2.75, 3.05) is 39.4 Å². The van der Waals surface area contributed by atoms with Crippen molar-refractivity contribution < 1.29 is 18.4 Å². The Labute approximate surface area is 380 Å². The predicted octanol–water partition coefficient (Wildman–Crippen LogP) is 12.2. The summed E-state index contributed by atoms with van der Waals surface area (Å²) in [7, 11) is 0. The Morgan fingerprint density at radius 1 is 0.547 bits per heavy atom. The molecular weight excluding hydrogens is 785 g/mol. The molecule has 6 fully saturated rings. The topological polar surface area (TPSA) is 44.2 Å². The molecule has 6 nitrogen and oxygen atoms in total. The summed E-state index contributed by atoms with van der Waals surface area (Å²) in [5.74, 6) is 2.28. The van der Waals surface area contributed by atoms with Crippen molar-refractivity contribution in [1.82, 2.24) is 9.97 Å². The van der Waals surface area contributed by atoms with E-state index in [4.69, 9.17) is 19.4 Å². The summed E-state index contributed by atoms with van der Waals surface area (Å²) in [6, 6.07) is 40.9. The third kappa shape index (κ3) is 7.89. The molecule has 6 saturated heterocycles. The van der Waals surface area contributed by atoms with Gasteiger partial charge in [-0.2, -0.15) is 0 Å². The van der Waals surface area contributed by atoms with E-state index >= 15 is 0 Å². The summed E-state index contributed by atoms with van der Waals surface area (Å²) >= 11 is 0. The fourth-order valence-electron chi connectivity index (χ4n) is 13.0. The molecular formula is C58H64N4O2+2. The normalized spacial score (nSPS) is 28.1. The SMILES string of the molecule is C=CCO[C@H](c1ccnc2ccccc12)C1CC2CC[N+]1(Cc1ccc(-c3ccc(C[N+]45CCC(CC4[C@H](OCC=C)c4ccnc6ccccc46)C(C=C)C5)cc3)cc1)CC2C=C. The van der Waals surface area contributed by atoms with E-state index in [9.17, 15) is 0 Å². The quantitative estimate of drug-likeness (QED) is 0.0677. The molecule has 2 aromatic heterocycles. The minimum Gasteiger partial charge on any atom is -0.363 e. The van der Waals surface area contributed by atoms with Gasteiger partial charge in [0.25, 0.3) is 0 Å². The van der Waals surface area contributed by atoms with E-state index in [-0.39, 0.29) is 12.2 Å². The Balaban J connectivity index is 0.909. The molecule has 8 heterocycles. The molecule has 64 heavy (non-hydrogen) atoms. The fraction of sp³-hybridized carbons (Fsp3) is 0.345. The van der Waals surface area contributed by atoms with Crippen LogP contribution in [0.3, 0.4) is 0 Å². The number of nitrogens with zero attached hydrogens (tertiary/aromatic N) is 4. The zero-order valence-corrected chi connectivity index (χ0v) is 37.4. The van der Waals surface area contributed by atoms with Crippen molar-refractivity contribution in [3.8, 4) is 11.1 Å². The van der Waals surface area contributed by atoms with E-state index in [1.54, 1.807) is 0 Å². The van der Waals surface area contributed by atoms with Gasteiger partial charge in [-0.05, 0) is 58.4 Å². The summed E-state index contributed by atoms with van der Waals surface area (Å²) in [6.45, 7) is 24.2. The standard InChI is InChI=1S/C58H64N4O2/c1-5-33-63-57(51-25-29-59-53-15-11-9-13-49(51)53)55-35-47-27-31-61(55,39-43(47)7-3)37-41-17-21-45(22-18-41)46-23-19-42(20-24-46)38-62-32-28-48(44(8-4)40-62)36-56(62)58(64-34-6-2)52-26-30-60-54-16-12-10-14-50(52)54/h5-26,29-30,43-44,47-48,55-58H,1-4,27-28,31-40H2/q+2/t43?,44?,47?,48?,55?,56?,57-,58-,61?,62?/m1/s1. The lowest BCUT2D eigenvalue weighted by Gasteiger charge is -2.58. The highest BCUT2D eigenvalue weighted by Gasteiger charge is 2.56. The number of para-hydroxylation sites is 2. The maximum Gasteiger partial charge on any atom is 0.135 e. The van der Waals surface area contributed by atoms with E-state index in [2.05, 4.69) is 148 Å². The van der Waals surface area contributed by atoms with Crippen molar-refractivity contribution >= 4 is 21.8 Å². The lowest BCUT2D eigenvalue weighted by atomic mass is 9.71. The number of benzene rings is 4. The molecule has 10 atom stereocenters. The van der Waals surface area contributed by atoms with Crippen LogP contribution in [-0.4, -0.2) is 70.4 Å². The molecule has 6 aliphatic rings. The first kappa shape index (κ1) is 42.5. The van der Waals surface area contributed by atoms with Gasteiger partial charge in [0.05, 0.1) is 50.4 Å². The third-order valence-corrected chi connectivity index (χ3v) is 16.1. The minimum atomic E-state index is -0.0573. The molecule has 0 aliphatic carbocycles. The summed E-state index contributed by atoms with van der Waals surface area (Å²) in [6.07, 6.45) is 16.7. The van der Waals surface area contributed by atoms with Crippen LogP contribution in [0.1, 0.15) is 60.1 Å². The zero-order valence-electron chi connectivity index (χ0n) is 37.4. The van der Waals surface area contributed by atoms with E-state index in [1.165, 1.54) is 57.0 Å². The van der Waals surface area contributed by atoms with Crippen LogP contribution in [0.15, 0.2) is 172 Å². The molecule has 12 rings (SSSR count). The van der Waals surface area contributed by atoms with Gasteiger partial charge in [-0.3, -0.25) is 9.97 Å². The van der Waals surface area contributed by atoms with Crippen LogP contribution in [0, 0.1) is 23.7 Å². The number of hydrogen-bond donors (Lipinski definition) is 0. The van der Waals surface area contributed by atoms with Crippen LogP contribution in [0.25, 0.3) is 32.9 Å². The summed E-state index contributed by atoms with van der Waals surface area (Å²) in [5.41, 5.74) is 9.77. The van der Waals surface area contributed by atoms with Crippen molar-refractivity contribution in [3.05, 3.63) is 194 Å². The first-order chi connectivity index (χ1) is 31.4. The Bertz CT molecular complexity index is 2450. The predicted molar refractivity (Wildman–Crippen MR) is 261 cm³/mol. The highest BCUT2D eigenvalue weighted by molar-refractivity contribution is 5.83. The first-order valence-corrected chi connectivity index (χ1v) is 23.7. The van der Waals surface area contributed by atoms with Crippen LogP contribution in [0.4, 0.5) is 0 Å². The molecule has 8 unspecified atom stereocenters. The van der Waals surface area contributed by atoms with E-state index < -0.39 is 0 Å². The van der Waals surface area contributed by atoms with E-state index in [1.807, 2.05) is 24.5 Å². The molecule has 326 valence electrons. The van der Waals surface area contributed by atoms with Gasteiger partial charge in [0.1, 0.15) is 37.4 Å². The van der Waals surface area contributed by atoms with Gasteiger partial charge in [-0.25, -0.2) is 0 Å². The van der Waals surface area contributed by atoms with Gasteiger partial charge in [-0.1, -0.05) is 109 Å². The van der Waals surface area contributed by atoms with Gasteiger partial charge in [-0.15, -0.1) is 26.3 Å². The van der Waals surface area contributed by atoms with Crippen LogP contribution in [-0.2, 0) is 22.6 Å². The molecule has 6 aliphatic heterocycles. The summed E-state index contributed by atoms with van der Waals surface area (Å²) in [4.78, 5) is 9.43.